The number of ether oxygens (including phenoxy) is 1. The van der Waals surface area contributed by atoms with Crippen molar-refractivity contribution >= 4 is 17.5 Å². The first-order valence-electron chi connectivity index (χ1n) is 5.80. The van der Waals surface area contributed by atoms with Crippen molar-refractivity contribution in [1.82, 2.24) is 0 Å². The van der Waals surface area contributed by atoms with Crippen molar-refractivity contribution < 1.29 is 14.3 Å². The van der Waals surface area contributed by atoms with E-state index in [9.17, 15) is 9.59 Å². The van der Waals surface area contributed by atoms with Gasteiger partial charge in [0.25, 0.3) is 0 Å². The number of amides is 2. The highest BCUT2D eigenvalue weighted by atomic mass is 16.5. The predicted octanol–water partition coefficient (Wildman–Crippen LogP) is 1.22. The lowest BCUT2D eigenvalue weighted by Crippen LogP contribution is -2.19. The molecule has 0 fully saturated rings. The number of carbonyl (C=O) groups excluding carboxylic acids is 2. The number of benzene rings is 1. The molecule has 0 unspecified atom stereocenters. The average Bonchev–Trinajstić information content (AvgIpc) is 2.28. The minimum atomic E-state index is -0.359. The van der Waals surface area contributed by atoms with Gasteiger partial charge in [0.05, 0.1) is 0 Å². The molecule has 98 valence electrons. The first kappa shape index (κ1) is 14.2. The van der Waals surface area contributed by atoms with Crippen molar-refractivity contribution in [1.29, 1.82) is 0 Å². The van der Waals surface area contributed by atoms with Crippen molar-refractivity contribution in [3.63, 3.8) is 0 Å². The minimum absolute atomic E-state index is 0.0211. The van der Waals surface area contributed by atoms with E-state index in [1.54, 1.807) is 0 Å². The normalized spacial score (nSPS) is 10.1. The summed E-state index contributed by atoms with van der Waals surface area (Å²) in [6.45, 7) is 2.28. The van der Waals surface area contributed by atoms with E-state index in [-0.39, 0.29) is 24.8 Å². The number of primary amides is 1. The summed E-state index contributed by atoms with van der Waals surface area (Å²) in [5, 5.41) is 2.73. The summed E-state index contributed by atoms with van der Waals surface area (Å²) in [5.74, 6) is -0.567. The summed E-state index contributed by atoms with van der Waals surface area (Å²) in [4.78, 5) is 21.9. The lowest BCUT2D eigenvalue weighted by atomic mass is 10.2. The average molecular weight is 250 g/mol. The summed E-state index contributed by atoms with van der Waals surface area (Å²) < 4.78 is 5.13. The molecule has 5 nitrogen and oxygen atoms in total. The number of anilines is 1. The molecule has 1 rings (SSSR count). The Morgan fingerprint density at radius 1 is 1.39 bits per heavy atom. The Hall–Kier alpha value is -1.88. The quantitative estimate of drug-likeness (QED) is 0.714. The number of carbonyl (C=O) groups is 2. The molecule has 18 heavy (non-hydrogen) atoms. The van der Waals surface area contributed by atoms with E-state index < -0.39 is 0 Å². The second kappa shape index (κ2) is 7.45. The molecule has 0 aliphatic rings. The van der Waals surface area contributed by atoms with Crippen LogP contribution in [0, 0.1) is 6.92 Å². The van der Waals surface area contributed by atoms with Gasteiger partial charge in [-0.05, 0) is 31.0 Å². The van der Waals surface area contributed by atoms with E-state index in [2.05, 4.69) is 5.32 Å². The maximum atomic E-state index is 11.5. The molecular weight excluding hydrogens is 232 g/mol. The zero-order valence-corrected chi connectivity index (χ0v) is 10.4. The Bertz CT molecular complexity index is 418. The van der Waals surface area contributed by atoms with Crippen LogP contribution in [0.3, 0.4) is 0 Å². The van der Waals surface area contributed by atoms with Crippen molar-refractivity contribution in [2.75, 3.05) is 18.5 Å². The van der Waals surface area contributed by atoms with Crippen LogP contribution in [0.25, 0.3) is 0 Å². The molecule has 0 spiro atoms. The molecule has 0 aromatic heterocycles. The second-order valence-electron chi connectivity index (χ2n) is 4.04. The molecule has 0 heterocycles. The third-order valence-electron chi connectivity index (χ3n) is 2.25. The molecule has 0 saturated heterocycles. The number of nitrogens with two attached hydrogens (primary N) is 1. The van der Waals surface area contributed by atoms with Crippen LogP contribution >= 0.6 is 0 Å². The van der Waals surface area contributed by atoms with E-state index in [1.807, 2.05) is 31.2 Å². The van der Waals surface area contributed by atoms with Crippen LogP contribution < -0.4 is 11.1 Å². The second-order valence-corrected chi connectivity index (χ2v) is 4.04. The van der Waals surface area contributed by atoms with Gasteiger partial charge in [-0.3, -0.25) is 9.59 Å². The highest BCUT2D eigenvalue weighted by Gasteiger charge is 2.02. The van der Waals surface area contributed by atoms with Crippen molar-refractivity contribution in [3.8, 4) is 0 Å². The number of hydrogen-bond donors (Lipinski definition) is 2. The zero-order valence-electron chi connectivity index (χ0n) is 10.4. The fourth-order valence-electron chi connectivity index (χ4n) is 1.43. The van der Waals surface area contributed by atoms with E-state index in [1.165, 1.54) is 0 Å². The molecule has 5 heteroatoms. The van der Waals surface area contributed by atoms with Gasteiger partial charge in [-0.15, -0.1) is 0 Å². The molecule has 0 saturated carbocycles. The Morgan fingerprint density at radius 3 is 2.83 bits per heavy atom. The summed E-state index contributed by atoms with van der Waals surface area (Å²) >= 11 is 0. The summed E-state index contributed by atoms with van der Waals surface area (Å²) in [6.07, 6.45) is 0.812. The third kappa shape index (κ3) is 6.00. The van der Waals surface area contributed by atoms with Gasteiger partial charge in [-0.2, -0.15) is 0 Å². The predicted molar refractivity (Wildman–Crippen MR) is 69.1 cm³/mol. The minimum Gasteiger partial charge on any atom is -0.372 e. The Balaban J connectivity index is 2.20. The van der Waals surface area contributed by atoms with Crippen LogP contribution in [-0.4, -0.2) is 25.0 Å². The van der Waals surface area contributed by atoms with Gasteiger partial charge in [0.15, 0.2) is 0 Å². The van der Waals surface area contributed by atoms with Gasteiger partial charge in [0.1, 0.15) is 6.61 Å². The van der Waals surface area contributed by atoms with Crippen molar-refractivity contribution in [2.24, 2.45) is 5.73 Å². The lowest BCUT2D eigenvalue weighted by molar-refractivity contribution is -0.120. The summed E-state index contributed by atoms with van der Waals surface area (Å²) in [6, 6.07) is 7.53. The molecule has 0 aliphatic heterocycles. The van der Waals surface area contributed by atoms with E-state index in [0.717, 1.165) is 11.3 Å². The van der Waals surface area contributed by atoms with Crippen LogP contribution in [0.2, 0.25) is 0 Å². The molecule has 0 radical (unpaired) electrons. The zero-order chi connectivity index (χ0) is 13.4. The van der Waals surface area contributed by atoms with E-state index in [0.29, 0.717) is 13.0 Å². The molecule has 0 bridgehead atoms. The Labute approximate surface area is 106 Å². The molecule has 0 atom stereocenters. The topological polar surface area (TPSA) is 81.4 Å². The van der Waals surface area contributed by atoms with Gasteiger partial charge in [-0.1, -0.05) is 12.1 Å². The van der Waals surface area contributed by atoms with Gasteiger partial charge in [0, 0.05) is 18.7 Å². The lowest BCUT2D eigenvalue weighted by Gasteiger charge is -2.06. The molecule has 1 aromatic carbocycles. The number of nitrogens with one attached hydrogen (secondary N) is 1. The largest absolute Gasteiger partial charge is 0.372 e. The van der Waals surface area contributed by atoms with Crippen LogP contribution in [-0.2, 0) is 14.3 Å². The van der Waals surface area contributed by atoms with Gasteiger partial charge < -0.3 is 15.8 Å². The first-order chi connectivity index (χ1) is 8.58. The fourth-order valence-corrected chi connectivity index (χ4v) is 1.43. The summed E-state index contributed by atoms with van der Waals surface area (Å²) in [5.41, 5.74) is 6.81. The Kier molecular flexibility index (Phi) is 5.87. The van der Waals surface area contributed by atoms with E-state index >= 15 is 0 Å². The maximum absolute atomic E-state index is 11.5. The first-order valence-corrected chi connectivity index (χ1v) is 5.80. The van der Waals surface area contributed by atoms with Crippen LogP contribution in [0.1, 0.15) is 18.4 Å². The van der Waals surface area contributed by atoms with Crippen molar-refractivity contribution in [2.45, 2.75) is 19.8 Å². The maximum Gasteiger partial charge on any atom is 0.250 e. The molecule has 1 aromatic rings. The smallest absolute Gasteiger partial charge is 0.250 e. The molecule has 0 aliphatic carbocycles. The van der Waals surface area contributed by atoms with E-state index in [4.69, 9.17) is 10.5 Å². The van der Waals surface area contributed by atoms with Crippen LogP contribution in [0.15, 0.2) is 24.3 Å². The highest BCUT2D eigenvalue weighted by Crippen LogP contribution is 2.09. The van der Waals surface area contributed by atoms with Crippen LogP contribution in [0.5, 0.6) is 0 Å². The number of aryl methyl sites for hydroxylation is 1. The number of rotatable bonds is 7. The molecule has 2 amide bonds. The van der Waals surface area contributed by atoms with Crippen LogP contribution in [0.4, 0.5) is 5.69 Å². The van der Waals surface area contributed by atoms with Gasteiger partial charge in [0.2, 0.25) is 11.8 Å². The highest BCUT2D eigenvalue weighted by molar-refractivity contribution is 5.91. The molecular formula is C13H18N2O3. The van der Waals surface area contributed by atoms with Gasteiger partial charge in [-0.25, -0.2) is 0 Å². The fraction of sp³-hybridized carbons (Fsp3) is 0.385. The standard InChI is InChI=1S/C13H18N2O3/c1-10-4-2-5-11(8-10)15-13(17)9-18-7-3-6-12(14)16/h2,4-5,8H,3,6-7,9H2,1H3,(H2,14,16)(H,15,17). The number of hydrogen-bond acceptors (Lipinski definition) is 3. The summed E-state index contributed by atoms with van der Waals surface area (Å²) in [7, 11) is 0. The SMILES string of the molecule is Cc1cccc(NC(=O)COCCCC(N)=O)c1. The van der Waals surface area contributed by atoms with Crippen molar-refractivity contribution in [3.05, 3.63) is 29.8 Å². The third-order valence-corrected chi connectivity index (χ3v) is 2.25. The van der Waals surface area contributed by atoms with Gasteiger partial charge >= 0.3 is 0 Å². The monoisotopic (exact) mass is 250 g/mol. The Morgan fingerprint density at radius 2 is 2.17 bits per heavy atom. The molecule has 3 N–H and O–H groups in total.